The van der Waals surface area contributed by atoms with Crippen LogP contribution in [-0.4, -0.2) is 33.7 Å². The Labute approximate surface area is 165 Å². The lowest BCUT2D eigenvalue weighted by Crippen LogP contribution is -2.41. The van der Waals surface area contributed by atoms with Gasteiger partial charge in [0.15, 0.2) is 0 Å². The summed E-state index contributed by atoms with van der Waals surface area (Å²) in [7, 11) is 0. The van der Waals surface area contributed by atoms with Crippen molar-refractivity contribution in [2.24, 2.45) is 5.92 Å². The van der Waals surface area contributed by atoms with Gasteiger partial charge in [-0.2, -0.15) is 0 Å². The van der Waals surface area contributed by atoms with Crippen LogP contribution < -0.4 is 5.32 Å². The maximum Gasteiger partial charge on any atom is 0.288 e. The van der Waals surface area contributed by atoms with E-state index in [0.29, 0.717) is 23.9 Å². The second-order valence-electron chi connectivity index (χ2n) is 8.16. The van der Waals surface area contributed by atoms with Gasteiger partial charge < -0.3 is 9.73 Å². The Balaban J connectivity index is 1.48. The third-order valence-corrected chi connectivity index (χ3v) is 5.14. The number of nitrogens with zero attached hydrogens (tertiary/aromatic N) is 3. The Morgan fingerprint density at radius 3 is 2.52 bits per heavy atom. The molecule has 0 atom stereocenters. The van der Waals surface area contributed by atoms with Gasteiger partial charge in [-0.3, -0.25) is 9.69 Å². The van der Waals surface area contributed by atoms with Crippen LogP contribution in [-0.2, 0) is 23.4 Å². The van der Waals surface area contributed by atoms with Crippen molar-refractivity contribution in [1.82, 2.24) is 20.0 Å². The highest BCUT2D eigenvalue weighted by Gasteiger charge is 2.26. The van der Waals surface area contributed by atoms with Gasteiger partial charge in [0.05, 0.1) is 6.67 Å². The van der Waals surface area contributed by atoms with E-state index in [9.17, 15) is 4.79 Å². The predicted molar refractivity (Wildman–Crippen MR) is 107 cm³/mol. The Morgan fingerprint density at radius 1 is 1.26 bits per heavy atom. The van der Waals surface area contributed by atoms with E-state index in [1.165, 1.54) is 0 Å². The van der Waals surface area contributed by atoms with Gasteiger partial charge in [-0.05, 0) is 30.6 Å². The average molecular weight is 389 g/mol. The van der Waals surface area contributed by atoms with Gasteiger partial charge in [-0.15, -0.1) is 5.10 Å². The molecule has 1 saturated heterocycles. The molecule has 3 rings (SSSR count). The summed E-state index contributed by atoms with van der Waals surface area (Å²) in [6.07, 6.45) is 1.69. The van der Waals surface area contributed by atoms with Crippen molar-refractivity contribution in [3.63, 3.8) is 0 Å². The Hall–Kier alpha value is -1.99. The highest BCUT2D eigenvalue weighted by molar-refractivity contribution is 7.71. The van der Waals surface area contributed by atoms with E-state index in [1.807, 2.05) is 30.3 Å². The van der Waals surface area contributed by atoms with Gasteiger partial charge in [0.2, 0.25) is 11.8 Å². The number of hydrogen-bond acceptors (Lipinski definition) is 5. The fourth-order valence-electron chi connectivity index (χ4n) is 3.15. The summed E-state index contributed by atoms with van der Waals surface area (Å²) in [4.78, 5) is 15.1. The molecule has 1 aliphatic rings. The molecule has 0 saturated carbocycles. The quantitative estimate of drug-likeness (QED) is 0.795. The highest BCUT2D eigenvalue weighted by atomic mass is 32.1. The number of benzene rings is 1. The summed E-state index contributed by atoms with van der Waals surface area (Å²) >= 11 is 5.30. The number of nitrogens with one attached hydrogen (secondary N) is 1. The normalized spacial score (nSPS) is 16.4. The summed E-state index contributed by atoms with van der Waals surface area (Å²) in [5.74, 6) is 0.870. The minimum absolute atomic E-state index is 0.0698. The van der Waals surface area contributed by atoms with Crippen molar-refractivity contribution in [1.29, 1.82) is 0 Å². The lowest BCUT2D eigenvalue weighted by Gasteiger charge is -2.30. The highest BCUT2D eigenvalue weighted by Crippen LogP contribution is 2.22. The molecule has 6 nitrogen and oxygen atoms in total. The van der Waals surface area contributed by atoms with Crippen molar-refractivity contribution in [2.45, 2.75) is 52.2 Å². The monoisotopic (exact) mass is 388 g/mol. The van der Waals surface area contributed by atoms with Crippen molar-refractivity contribution >= 4 is 18.1 Å². The maximum absolute atomic E-state index is 12.4. The molecule has 1 amide bonds. The summed E-state index contributed by atoms with van der Waals surface area (Å²) in [5.41, 5.74) is 0.959. The molecule has 1 N–H and O–H groups in total. The van der Waals surface area contributed by atoms with Crippen LogP contribution in [0.2, 0.25) is 0 Å². The molecule has 0 aliphatic carbocycles. The van der Waals surface area contributed by atoms with Gasteiger partial charge in [0, 0.05) is 31.0 Å². The van der Waals surface area contributed by atoms with Gasteiger partial charge in [0.1, 0.15) is 0 Å². The third-order valence-electron chi connectivity index (χ3n) is 4.85. The molecule has 0 radical (unpaired) electrons. The van der Waals surface area contributed by atoms with Crippen LogP contribution >= 0.6 is 12.2 Å². The van der Waals surface area contributed by atoms with Crippen LogP contribution in [0.15, 0.2) is 34.7 Å². The first-order valence-corrected chi connectivity index (χ1v) is 9.86. The summed E-state index contributed by atoms with van der Waals surface area (Å²) in [5, 5.41) is 7.57. The Kier molecular flexibility index (Phi) is 6.11. The van der Waals surface area contributed by atoms with Crippen molar-refractivity contribution in [3.05, 3.63) is 46.6 Å². The fourth-order valence-corrected chi connectivity index (χ4v) is 3.33. The maximum atomic E-state index is 12.4. The number of aromatic nitrogens is 2. The number of piperidine rings is 1. The van der Waals surface area contributed by atoms with Gasteiger partial charge >= 0.3 is 0 Å². The van der Waals surface area contributed by atoms with Crippen LogP contribution in [0, 0.1) is 10.8 Å². The molecule has 0 bridgehead atoms. The van der Waals surface area contributed by atoms with E-state index in [4.69, 9.17) is 16.6 Å². The van der Waals surface area contributed by atoms with Gasteiger partial charge in [-0.25, -0.2) is 4.68 Å². The molecule has 1 fully saturated rings. The molecular weight excluding hydrogens is 360 g/mol. The molecule has 146 valence electrons. The summed E-state index contributed by atoms with van der Waals surface area (Å²) in [6, 6.07) is 10.00. The average Bonchev–Trinajstić information content (AvgIpc) is 3.02. The van der Waals surface area contributed by atoms with Gasteiger partial charge in [0.25, 0.3) is 4.84 Å². The zero-order valence-electron chi connectivity index (χ0n) is 16.3. The van der Waals surface area contributed by atoms with E-state index < -0.39 is 0 Å². The van der Waals surface area contributed by atoms with Crippen molar-refractivity contribution in [3.8, 4) is 0 Å². The van der Waals surface area contributed by atoms with Crippen molar-refractivity contribution < 1.29 is 9.21 Å². The largest absolute Gasteiger partial charge is 0.413 e. The third kappa shape index (κ3) is 5.26. The Morgan fingerprint density at radius 2 is 1.93 bits per heavy atom. The van der Waals surface area contributed by atoms with E-state index in [-0.39, 0.29) is 17.2 Å². The second-order valence-corrected chi connectivity index (χ2v) is 8.51. The van der Waals surface area contributed by atoms with Crippen LogP contribution in [0.25, 0.3) is 0 Å². The summed E-state index contributed by atoms with van der Waals surface area (Å²) in [6.45, 7) is 9.05. The van der Waals surface area contributed by atoms with Crippen LogP contribution in [0.4, 0.5) is 0 Å². The zero-order valence-corrected chi connectivity index (χ0v) is 17.1. The minimum atomic E-state index is -0.164. The molecule has 1 aliphatic heterocycles. The molecule has 1 aromatic heterocycles. The number of carbonyl (C=O) groups is 1. The van der Waals surface area contributed by atoms with E-state index in [2.05, 4.69) is 36.1 Å². The molecule has 1 aromatic carbocycles. The first-order valence-electron chi connectivity index (χ1n) is 9.45. The zero-order chi connectivity index (χ0) is 19.4. The van der Waals surface area contributed by atoms with E-state index in [0.717, 1.165) is 31.5 Å². The molecule has 2 heterocycles. The number of amides is 1. The fraction of sp³-hybridized carbons (Fsp3) is 0.550. The smallest absolute Gasteiger partial charge is 0.288 e. The molecule has 0 spiro atoms. The standard InChI is InChI=1S/C20H28N4O2S/c1-20(2,3)18-22-24(19(27)26-18)14-23-11-9-16(10-12-23)17(25)21-13-15-7-5-4-6-8-15/h4-8,16H,9-14H2,1-3H3,(H,21,25). The van der Waals surface area contributed by atoms with Crippen LogP contribution in [0.3, 0.4) is 0 Å². The molecule has 27 heavy (non-hydrogen) atoms. The SMILES string of the molecule is CC(C)(C)c1nn(CN2CCC(C(=O)NCc3ccccc3)CC2)c(=S)o1. The molecule has 2 aromatic rings. The van der Waals surface area contributed by atoms with Crippen molar-refractivity contribution in [2.75, 3.05) is 13.1 Å². The lowest BCUT2D eigenvalue weighted by molar-refractivity contribution is -0.126. The molecule has 7 heteroatoms. The topological polar surface area (TPSA) is 63.3 Å². The first kappa shape index (κ1) is 19.8. The summed E-state index contributed by atoms with van der Waals surface area (Å²) < 4.78 is 7.37. The van der Waals surface area contributed by atoms with Gasteiger partial charge in [-0.1, -0.05) is 51.1 Å². The number of rotatable bonds is 5. The van der Waals surface area contributed by atoms with E-state index >= 15 is 0 Å². The lowest BCUT2D eigenvalue weighted by atomic mass is 9.96. The number of likely N-dealkylation sites (tertiary alicyclic amines) is 1. The number of hydrogen-bond donors (Lipinski definition) is 1. The minimum Gasteiger partial charge on any atom is -0.413 e. The second kappa shape index (κ2) is 8.35. The van der Waals surface area contributed by atoms with Crippen LogP contribution in [0.1, 0.15) is 45.1 Å². The van der Waals surface area contributed by atoms with Crippen LogP contribution in [0.5, 0.6) is 0 Å². The molecule has 0 unspecified atom stereocenters. The molecular formula is C20H28N4O2S. The first-order chi connectivity index (χ1) is 12.8. The Bertz CT molecular complexity index is 814. The van der Waals surface area contributed by atoms with E-state index in [1.54, 1.807) is 4.68 Å². The number of carbonyl (C=O) groups excluding carboxylic acids is 1. The predicted octanol–water partition coefficient (Wildman–Crippen LogP) is 3.49.